The number of aromatic nitrogens is 4. The molecule has 0 aliphatic carbocycles. The van der Waals surface area contributed by atoms with E-state index in [1.165, 1.54) is 0 Å². The van der Waals surface area contributed by atoms with Crippen molar-refractivity contribution in [2.45, 2.75) is 45.7 Å². The molecule has 5 nitrogen and oxygen atoms in total. The molecule has 0 spiro atoms. The Hall–Kier alpha value is -1.62. The summed E-state index contributed by atoms with van der Waals surface area (Å²) in [5, 5.41) is 8.17. The van der Waals surface area contributed by atoms with E-state index in [1.807, 2.05) is 17.9 Å². The monoisotopic (exact) mass is 275 g/mol. The van der Waals surface area contributed by atoms with Crippen molar-refractivity contribution in [1.29, 1.82) is 0 Å². The highest BCUT2D eigenvalue weighted by atomic mass is 15.3. The number of likely N-dealkylation sites (N-methyl/N-ethyl adjacent to an activating group) is 1. The number of hydrogen-bond acceptors (Lipinski definition) is 3. The van der Waals surface area contributed by atoms with Gasteiger partial charge in [0.1, 0.15) is 0 Å². The average molecular weight is 275 g/mol. The van der Waals surface area contributed by atoms with E-state index in [0.29, 0.717) is 6.04 Å². The molecule has 2 heterocycles. The normalized spacial score (nSPS) is 14.4. The molecular weight excluding hydrogens is 250 g/mol. The fourth-order valence-electron chi connectivity index (χ4n) is 2.27. The lowest BCUT2D eigenvalue weighted by atomic mass is 10.1. The molecule has 0 bridgehead atoms. The van der Waals surface area contributed by atoms with Gasteiger partial charge in [-0.25, -0.2) is 4.98 Å². The Kier molecular flexibility index (Phi) is 4.95. The number of hydrogen-bond donors (Lipinski definition) is 1. The van der Waals surface area contributed by atoms with Crippen molar-refractivity contribution >= 4 is 0 Å². The van der Waals surface area contributed by atoms with Crippen LogP contribution in [0.25, 0.3) is 0 Å². The van der Waals surface area contributed by atoms with Gasteiger partial charge in [0.15, 0.2) is 0 Å². The number of nitrogens with zero attached hydrogens (tertiary/aromatic N) is 4. The summed E-state index contributed by atoms with van der Waals surface area (Å²) < 4.78 is 4.04. The molecule has 0 saturated carbocycles. The Bertz CT molecular complexity index is 528. The smallest absolute Gasteiger partial charge is 0.0947 e. The lowest BCUT2D eigenvalue weighted by molar-refractivity contribution is 0.466. The van der Waals surface area contributed by atoms with E-state index in [2.05, 4.69) is 59.3 Å². The Balaban J connectivity index is 2.10. The number of rotatable bonds is 7. The summed E-state index contributed by atoms with van der Waals surface area (Å²) in [5.74, 6) is 0. The van der Waals surface area contributed by atoms with Crippen LogP contribution in [-0.2, 0) is 13.5 Å². The summed E-state index contributed by atoms with van der Waals surface area (Å²) >= 11 is 0. The molecule has 0 aliphatic heterocycles. The van der Waals surface area contributed by atoms with Gasteiger partial charge in [0.2, 0.25) is 0 Å². The molecule has 2 atom stereocenters. The van der Waals surface area contributed by atoms with Crippen molar-refractivity contribution in [2.24, 2.45) is 7.05 Å². The maximum atomic E-state index is 4.68. The molecule has 1 N–H and O–H groups in total. The first-order valence-corrected chi connectivity index (χ1v) is 7.39. The zero-order valence-electron chi connectivity index (χ0n) is 12.9. The largest absolute Gasteiger partial charge is 0.340 e. The second-order valence-electron chi connectivity index (χ2n) is 5.32. The minimum Gasteiger partial charge on any atom is -0.340 e. The molecule has 5 heteroatoms. The van der Waals surface area contributed by atoms with E-state index in [9.17, 15) is 0 Å². The van der Waals surface area contributed by atoms with Gasteiger partial charge < -0.3 is 9.88 Å². The van der Waals surface area contributed by atoms with Gasteiger partial charge in [-0.15, -0.1) is 0 Å². The first-order valence-electron chi connectivity index (χ1n) is 7.39. The van der Waals surface area contributed by atoms with Gasteiger partial charge in [-0.1, -0.05) is 13.8 Å². The molecule has 2 rings (SSSR count). The van der Waals surface area contributed by atoms with Crippen LogP contribution in [0.5, 0.6) is 0 Å². The summed E-state index contributed by atoms with van der Waals surface area (Å²) in [7, 11) is 2.00. The molecule has 2 aromatic heterocycles. The topological polar surface area (TPSA) is 47.7 Å². The number of nitrogens with one attached hydrogen (secondary N) is 1. The maximum absolute atomic E-state index is 4.68. The van der Waals surface area contributed by atoms with Gasteiger partial charge in [0, 0.05) is 31.9 Å². The Morgan fingerprint density at radius 2 is 2.15 bits per heavy atom. The lowest BCUT2D eigenvalue weighted by Crippen LogP contribution is -2.23. The Labute approximate surface area is 121 Å². The molecule has 2 unspecified atom stereocenters. The number of imidazole rings is 1. The van der Waals surface area contributed by atoms with Crippen LogP contribution in [0.1, 0.15) is 50.7 Å². The molecule has 0 fully saturated rings. The van der Waals surface area contributed by atoms with Crippen molar-refractivity contribution in [2.75, 3.05) is 6.54 Å². The summed E-state index contributed by atoms with van der Waals surface area (Å²) in [5.41, 5.74) is 2.19. The second-order valence-corrected chi connectivity index (χ2v) is 5.32. The first kappa shape index (κ1) is 14.8. The van der Waals surface area contributed by atoms with Crippen molar-refractivity contribution in [3.8, 4) is 0 Å². The van der Waals surface area contributed by atoms with Crippen molar-refractivity contribution < 1.29 is 0 Å². The average Bonchev–Trinajstić information content (AvgIpc) is 3.06. The highest BCUT2D eigenvalue weighted by Crippen LogP contribution is 2.17. The molecular formula is C15H25N5. The fraction of sp³-hybridized carbons (Fsp3) is 0.600. The van der Waals surface area contributed by atoms with E-state index in [1.54, 1.807) is 0 Å². The van der Waals surface area contributed by atoms with Crippen LogP contribution in [0.2, 0.25) is 0 Å². The molecule has 0 amide bonds. The van der Waals surface area contributed by atoms with Crippen LogP contribution in [0.15, 0.2) is 24.8 Å². The van der Waals surface area contributed by atoms with E-state index in [4.69, 9.17) is 0 Å². The fourth-order valence-corrected chi connectivity index (χ4v) is 2.27. The maximum Gasteiger partial charge on any atom is 0.0947 e. The SMILES string of the molecule is CCNC(Cc1ccn(C(C)CC)n1)c1cn(C)cn1. The molecule has 0 radical (unpaired) electrons. The molecule has 110 valence electrons. The van der Waals surface area contributed by atoms with Gasteiger partial charge >= 0.3 is 0 Å². The van der Waals surface area contributed by atoms with Crippen LogP contribution in [0.3, 0.4) is 0 Å². The summed E-state index contributed by atoms with van der Waals surface area (Å²) in [6.45, 7) is 7.42. The van der Waals surface area contributed by atoms with Gasteiger partial charge in [-0.3, -0.25) is 4.68 Å². The minimum absolute atomic E-state index is 0.224. The molecule has 0 aliphatic rings. The summed E-state index contributed by atoms with van der Waals surface area (Å²) in [6, 6.07) is 2.79. The van der Waals surface area contributed by atoms with Crippen molar-refractivity contribution in [1.82, 2.24) is 24.6 Å². The third-order valence-corrected chi connectivity index (χ3v) is 3.65. The van der Waals surface area contributed by atoms with Gasteiger partial charge in [-0.2, -0.15) is 5.10 Å². The zero-order valence-corrected chi connectivity index (χ0v) is 12.9. The van der Waals surface area contributed by atoms with E-state index >= 15 is 0 Å². The van der Waals surface area contributed by atoms with E-state index in [-0.39, 0.29) is 6.04 Å². The molecule has 0 saturated heterocycles. The molecule has 2 aromatic rings. The summed E-state index contributed by atoms with van der Waals surface area (Å²) in [4.78, 5) is 4.45. The highest BCUT2D eigenvalue weighted by Gasteiger charge is 2.15. The van der Waals surface area contributed by atoms with Crippen LogP contribution in [0, 0.1) is 0 Å². The second kappa shape index (κ2) is 6.70. The van der Waals surface area contributed by atoms with E-state index < -0.39 is 0 Å². The van der Waals surface area contributed by atoms with Crippen LogP contribution >= 0.6 is 0 Å². The highest BCUT2D eigenvalue weighted by molar-refractivity contribution is 5.10. The van der Waals surface area contributed by atoms with Gasteiger partial charge in [0.05, 0.1) is 23.8 Å². The molecule has 0 aromatic carbocycles. The van der Waals surface area contributed by atoms with Gasteiger partial charge in [0.25, 0.3) is 0 Å². The Morgan fingerprint density at radius 3 is 2.75 bits per heavy atom. The molecule has 20 heavy (non-hydrogen) atoms. The van der Waals surface area contributed by atoms with Crippen LogP contribution < -0.4 is 5.32 Å². The lowest BCUT2D eigenvalue weighted by Gasteiger charge is -2.14. The van der Waals surface area contributed by atoms with E-state index in [0.717, 1.165) is 30.8 Å². The Morgan fingerprint density at radius 1 is 1.35 bits per heavy atom. The zero-order chi connectivity index (χ0) is 14.5. The van der Waals surface area contributed by atoms with Crippen LogP contribution in [0.4, 0.5) is 0 Å². The predicted molar refractivity (Wildman–Crippen MR) is 80.6 cm³/mol. The minimum atomic E-state index is 0.224. The van der Waals surface area contributed by atoms with Gasteiger partial charge in [-0.05, 0) is 26.0 Å². The van der Waals surface area contributed by atoms with Crippen LogP contribution in [-0.4, -0.2) is 25.9 Å². The number of aryl methyl sites for hydroxylation is 1. The quantitative estimate of drug-likeness (QED) is 0.844. The first-order chi connectivity index (χ1) is 9.63. The third kappa shape index (κ3) is 3.48. The van der Waals surface area contributed by atoms with Crippen molar-refractivity contribution in [3.63, 3.8) is 0 Å². The standard InChI is InChI=1S/C15H25N5/c1-5-12(3)20-8-7-13(18-20)9-14(16-6-2)15-10-19(4)11-17-15/h7-8,10-12,14,16H,5-6,9H2,1-4H3. The van der Waals surface area contributed by atoms with Crippen molar-refractivity contribution in [3.05, 3.63) is 36.2 Å². The third-order valence-electron chi connectivity index (χ3n) is 3.65. The predicted octanol–water partition coefficient (Wildman–Crippen LogP) is 2.48. The summed E-state index contributed by atoms with van der Waals surface area (Å²) in [6.07, 6.45) is 7.95.